The van der Waals surface area contributed by atoms with Crippen LogP contribution in [0, 0.1) is 25.5 Å². The lowest BCUT2D eigenvalue weighted by Gasteiger charge is -2.03. The highest BCUT2D eigenvalue weighted by Gasteiger charge is 2.23. The van der Waals surface area contributed by atoms with Crippen molar-refractivity contribution in [1.29, 1.82) is 0 Å². The summed E-state index contributed by atoms with van der Waals surface area (Å²) in [7, 11) is 1.77. The first kappa shape index (κ1) is 11.7. The normalized spacial score (nSPS) is 11.4. The van der Waals surface area contributed by atoms with E-state index < -0.39 is 16.7 Å². The highest BCUT2D eigenvalue weighted by atomic mass is 35.5. The van der Waals surface area contributed by atoms with Crippen molar-refractivity contribution in [3.05, 3.63) is 33.1 Å². The van der Waals surface area contributed by atoms with Gasteiger partial charge in [0.05, 0.1) is 5.02 Å². The molecule has 0 aliphatic carbocycles. The van der Waals surface area contributed by atoms with E-state index in [9.17, 15) is 8.78 Å². The summed E-state index contributed by atoms with van der Waals surface area (Å²) in [5, 5.41) is 0.00580. The van der Waals surface area contributed by atoms with Crippen LogP contribution in [0.2, 0.25) is 10.0 Å². The number of rotatable bonds is 0. The Balaban J connectivity index is 3.15. The van der Waals surface area contributed by atoms with E-state index in [2.05, 4.69) is 0 Å². The first-order valence-corrected chi connectivity index (χ1v) is 5.41. The summed E-state index contributed by atoms with van der Waals surface area (Å²) in [6.07, 6.45) is 0. The van der Waals surface area contributed by atoms with Crippen LogP contribution in [-0.4, -0.2) is 4.57 Å². The topological polar surface area (TPSA) is 4.93 Å². The van der Waals surface area contributed by atoms with Gasteiger partial charge in [-0.1, -0.05) is 23.2 Å². The maximum atomic E-state index is 13.8. The van der Waals surface area contributed by atoms with E-state index in [0.717, 1.165) is 0 Å². The molecule has 2 rings (SSSR count). The third kappa shape index (κ3) is 1.28. The van der Waals surface area contributed by atoms with Crippen molar-refractivity contribution in [1.82, 2.24) is 4.57 Å². The Bertz CT molecular complexity index is 551. The van der Waals surface area contributed by atoms with E-state index in [4.69, 9.17) is 23.2 Å². The van der Waals surface area contributed by atoms with E-state index in [0.29, 0.717) is 16.8 Å². The summed E-state index contributed by atoms with van der Waals surface area (Å²) < 4.78 is 29.1. The summed E-state index contributed by atoms with van der Waals surface area (Å²) in [6.45, 7) is 3.50. The molecule has 0 atom stereocenters. The second-order valence-electron chi connectivity index (χ2n) is 3.74. The average molecular weight is 264 g/mol. The molecule has 1 aromatic carbocycles. The molecule has 5 heteroatoms. The van der Waals surface area contributed by atoms with Crippen LogP contribution in [0.25, 0.3) is 10.8 Å². The van der Waals surface area contributed by atoms with Gasteiger partial charge in [-0.05, 0) is 13.8 Å². The Morgan fingerprint density at radius 1 is 0.875 bits per heavy atom. The van der Waals surface area contributed by atoms with Crippen LogP contribution in [0.15, 0.2) is 0 Å². The van der Waals surface area contributed by atoms with Gasteiger partial charge in [0.2, 0.25) is 0 Å². The molecule has 0 radical (unpaired) electrons. The Morgan fingerprint density at radius 2 is 1.38 bits per heavy atom. The molecule has 0 saturated carbocycles. The van der Waals surface area contributed by atoms with Gasteiger partial charge in [0.15, 0.2) is 11.6 Å². The molecule has 1 heterocycles. The van der Waals surface area contributed by atoms with Gasteiger partial charge in [-0.2, -0.15) is 0 Å². The molecule has 0 spiro atoms. The maximum absolute atomic E-state index is 13.8. The second-order valence-corrected chi connectivity index (χ2v) is 4.49. The van der Waals surface area contributed by atoms with Gasteiger partial charge in [-0.15, -0.1) is 0 Å². The molecule has 16 heavy (non-hydrogen) atoms. The van der Waals surface area contributed by atoms with Crippen molar-refractivity contribution in [2.75, 3.05) is 0 Å². The van der Waals surface area contributed by atoms with Gasteiger partial charge in [0.1, 0.15) is 5.02 Å². The molecule has 0 amide bonds. The molecule has 0 aliphatic heterocycles. The fourth-order valence-electron chi connectivity index (χ4n) is 1.90. The van der Waals surface area contributed by atoms with Crippen molar-refractivity contribution >= 4 is 34.0 Å². The van der Waals surface area contributed by atoms with Crippen molar-refractivity contribution in [2.45, 2.75) is 13.8 Å². The molecule has 0 saturated heterocycles. The molecule has 0 N–H and O–H groups in total. The largest absolute Gasteiger partial charge is 0.351 e. The van der Waals surface area contributed by atoms with Gasteiger partial charge in [-0.3, -0.25) is 0 Å². The third-order valence-corrected chi connectivity index (χ3v) is 3.68. The molecule has 0 aliphatic rings. The zero-order valence-electron chi connectivity index (χ0n) is 8.96. The Hall–Kier alpha value is -0.800. The van der Waals surface area contributed by atoms with Crippen molar-refractivity contribution in [3.8, 4) is 0 Å². The van der Waals surface area contributed by atoms with E-state index in [1.54, 1.807) is 25.5 Å². The summed E-state index contributed by atoms with van der Waals surface area (Å²) in [6, 6.07) is 0. The van der Waals surface area contributed by atoms with Crippen LogP contribution >= 0.6 is 23.2 Å². The standard InChI is InChI=1S/C11H9Cl2F2N/c1-4-6-7(5(2)16(4)3)10(14)9(13)11(15)8(6)12/h1-3H3. The molecule has 0 bridgehead atoms. The number of hydrogen-bond acceptors (Lipinski definition) is 0. The molecule has 0 fully saturated rings. The molecular formula is C11H9Cl2F2N. The first-order valence-electron chi connectivity index (χ1n) is 4.65. The summed E-state index contributed by atoms with van der Waals surface area (Å²) in [5.74, 6) is -1.65. The lowest BCUT2D eigenvalue weighted by Crippen LogP contribution is -1.92. The van der Waals surface area contributed by atoms with Crippen LogP contribution in [0.3, 0.4) is 0 Å². The van der Waals surface area contributed by atoms with E-state index >= 15 is 0 Å². The van der Waals surface area contributed by atoms with Gasteiger partial charge >= 0.3 is 0 Å². The Kier molecular flexibility index (Phi) is 2.63. The number of aryl methyl sites for hydroxylation is 2. The first-order chi connectivity index (χ1) is 7.37. The molecular weight excluding hydrogens is 255 g/mol. The SMILES string of the molecule is Cc1c2c(F)c(Cl)c(F)c(Cl)c2c(C)n1C. The lowest BCUT2D eigenvalue weighted by molar-refractivity contribution is 0.593. The quantitative estimate of drug-likeness (QED) is 0.491. The minimum atomic E-state index is -0.901. The van der Waals surface area contributed by atoms with Gasteiger partial charge in [-0.25, -0.2) is 8.78 Å². The monoisotopic (exact) mass is 263 g/mol. The number of halogens is 4. The van der Waals surface area contributed by atoms with Crippen LogP contribution in [0.4, 0.5) is 8.78 Å². The van der Waals surface area contributed by atoms with Crippen LogP contribution < -0.4 is 0 Å². The van der Waals surface area contributed by atoms with E-state index in [1.165, 1.54) is 0 Å². The zero-order valence-corrected chi connectivity index (χ0v) is 10.5. The number of nitrogens with zero attached hydrogens (tertiary/aromatic N) is 1. The van der Waals surface area contributed by atoms with Crippen LogP contribution in [-0.2, 0) is 7.05 Å². The maximum Gasteiger partial charge on any atom is 0.164 e. The number of benzene rings is 1. The van der Waals surface area contributed by atoms with Crippen molar-refractivity contribution < 1.29 is 8.78 Å². The highest BCUT2D eigenvalue weighted by molar-refractivity contribution is 6.39. The smallest absolute Gasteiger partial charge is 0.164 e. The molecule has 86 valence electrons. The highest BCUT2D eigenvalue weighted by Crippen LogP contribution is 2.39. The predicted octanol–water partition coefficient (Wildman–Crippen LogP) is 4.38. The van der Waals surface area contributed by atoms with Gasteiger partial charge in [0, 0.05) is 29.2 Å². The summed E-state index contributed by atoms with van der Waals surface area (Å²) in [4.78, 5) is 0. The minimum absolute atomic E-state index is 0.123. The summed E-state index contributed by atoms with van der Waals surface area (Å²) in [5.41, 5.74) is 1.39. The predicted molar refractivity (Wildman–Crippen MR) is 62.3 cm³/mol. The summed E-state index contributed by atoms with van der Waals surface area (Å²) >= 11 is 11.4. The number of hydrogen-bond donors (Lipinski definition) is 0. The molecule has 1 aromatic heterocycles. The minimum Gasteiger partial charge on any atom is -0.351 e. The molecule has 2 aromatic rings. The number of fused-ring (bicyclic) bond motifs is 1. The van der Waals surface area contributed by atoms with Gasteiger partial charge in [0.25, 0.3) is 0 Å². The molecule has 1 nitrogen and oxygen atoms in total. The average Bonchev–Trinajstić information content (AvgIpc) is 2.48. The second kappa shape index (κ2) is 3.60. The fourth-order valence-corrected chi connectivity index (χ4v) is 2.46. The van der Waals surface area contributed by atoms with Crippen molar-refractivity contribution in [3.63, 3.8) is 0 Å². The lowest BCUT2D eigenvalue weighted by atomic mass is 10.1. The number of aromatic nitrogens is 1. The fraction of sp³-hybridized carbons (Fsp3) is 0.273. The van der Waals surface area contributed by atoms with E-state index in [-0.39, 0.29) is 10.4 Å². The van der Waals surface area contributed by atoms with Crippen molar-refractivity contribution in [2.24, 2.45) is 7.05 Å². The zero-order chi connectivity index (χ0) is 12.2. The van der Waals surface area contributed by atoms with Crippen LogP contribution in [0.1, 0.15) is 11.4 Å². The third-order valence-electron chi connectivity index (χ3n) is 3.00. The van der Waals surface area contributed by atoms with Gasteiger partial charge < -0.3 is 4.57 Å². The Morgan fingerprint density at radius 3 is 1.94 bits per heavy atom. The Labute approximate surface area is 102 Å². The molecule has 0 unspecified atom stereocenters. The van der Waals surface area contributed by atoms with Crippen LogP contribution in [0.5, 0.6) is 0 Å². The van der Waals surface area contributed by atoms with E-state index in [1.807, 2.05) is 0 Å².